The fourth-order valence-corrected chi connectivity index (χ4v) is 3.07. The summed E-state index contributed by atoms with van der Waals surface area (Å²) in [5.74, 6) is -1.39. The van der Waals surface area contributed by atoms with Crippen molar-refractivity contribution in [1.82, 2.24) is 9.88 Å². The highest BCUT2D eigenvalue weighted by atomic mass is 35.5. The number of halogens is 1. The third-order valence-electron chi connectivity index (χ3n) is 4.70. The molecule has 0 spiro atoms. The Morgan fingerprint density at radius 3 is 2.42 bits per heavy atom. The van der Waals surface area contributed by atoms with E-state index in [1.165, 1.54) is 6.08 Å². The molecule has 0 bridgehead atoms. The summed E-state index contributed by atoms with van der Waals surface area (Å²) in [7, 11) is 1.90. The predicted molar refractivity (Wildman–Crippen MR) is 100 cm³/mol. The Kier molecular flexibility index (Phi) is 4.46. The van der Waals surface area contributed by atoms with Gasteiger partial charge in [0.1, 0.15) is 5.57 Å². The van der Waals surface area contributed by atoms with Gasteiger partial charge in [0.15, 0.2) is 0 Å². The number of aryl methyl sites for hydroxylation is 1. The highest BCUT2D eigenvalue weighted by molar-refractivity contribution is 6.40. The van der Waals surface area contributed by atoms with E-state index in [4.69, 9.17) is 11.6 Å². The zero-order chi connectivity index (χ0) is 19.2. The van der Waals surface area contributed by atoms with Crippen molar-refractivity contribution in [1.29, 1.82) is 0 Å². The Morgan fingerprint density at radius 2 is 1.81 bits per heavy atom. The van der Waals surface area contributed by atoms with Gasteiger partial charge >= 0.3 is 6.03 Å². The lowest BCUT2D eigenvalue weighted by Crippen LogP contribution is -2.54. The van der Waals surface area contributed by atoms with Crippen LogP contribution in [0, 0.1) is 20.8 Å². The largest absolute Gasteiger partial charge is 0.352 e. The number of amides is 4. The minimum atomic E-state index is -0.788. The first-order chi connectivity index (χ1) is 12.2. The summed E-state index contributed by atoms with van der Waals surface area (Å²) < 4.78 is 1.96. The second-order valence-electron chi connectivity index (χ2n) is 6.23. The lowest BCUT2D eigenvalue weighted by molar-refractivity contribution is -0.122. The van der Waals surface area contributed by atoms with Crippen LogP contribution in [0.5, 0.6) is 0 Å². The average molecular weight is 372 g/mol. The summed E-state index contributed by atoms with van der Waals surface area (Å²) in [6, 6.07) is 6.03. The zero-order valence-electron chi connectivity index (χ0n) is 14.9. The van der Waals surface area contributed by atoms with Crippen LogP contribution in [0.1, 0.15) is 22.5 Å². The smallest absolute Gasteiger partial charge is 0.335 e. The van der Waals surface area contributed by atoms with Crippen molar-refractivity contribution in [2.24, 2.45) is 7.05 Å². The van der Waals surface area contributed by atoms with Crippen LogP contribution >= 0.6 is 11.6 Å². The molecule has 26 heavy (non-hydrogen) atoms. The molecule has 0 unspecified atom stereocenters. The van der Waals surface area contributed by atoms with Gasteiger partial charge in [0, 0.05) is 23.5 Å². The standard InChI is InChI=1S/C19H18ClN3O3/c1-10-8-13(12(3)22(10)4)9-14-17(24)21-19(26)23(18(14)25)16-7-5-6-15(20)11(16)2/h5-9H,1-4H3,(H,21,24,26)/b14-9+. The quantitative estimate of drug-likeness (QED) is 0.650. The van der Waals surface area contributed by atoms with Crippen LogP contribution in [0.2, 0.25) is 5.02 Å². The van der Waals surface area contributed by atoms with Crippen molar-refractivity contribution in [3.8, 4) is 0 Å². The Bertz CT molecular complexity index is 988. The van der Waals surface area contributed by atoms with E-state index in [0.29, 0.717) is 16.3 Å². The van der Waals surface area contributed by atoms with Gasteiger partial charge < -0.3 is 4.57 Å². The second-order valence-corrected chi connectivity index (χ2v) is 6.63. The van der Waals surface area contributed by atoms with E-state index >= 15 is 0 Å². The molecule has 4 amide bonds. The molecule has 2 heterocycles. The summed E-state index contributed by atoms with van der Waals surface area (Å²) in [5.41, 5.74) is 3.49. The van der Waals surface area contributed by atoms with Gasteiger partial charge in [-0.15, -0.1) is 0 Å². The van der Waals surface area contributed by atoms with Crippen molar-refractivity contribution >= 4 is 41.2 Å². The highest BCUT2D eigenvalue weighted by Gasteiger charge is 2.37. The van der Waals surface area contributed by atoms with Crippen LogP contribution in [0.4, 0.5) is 10.5 Å². The molecule has 1 aromatic carbocycles. The number of hydrogen-bond donors (Lipinski definition) is 1. The number of aromatic nitrogens is 1. The van der Waals surface area contributed by atoms with E-state index < -0.39 is 17.8 Å². The molecule has 6 nitrogen and oxygen atoms in total. The maximum Gasteiger partial charge on any atom is 0.335 e. The number of hydrogen-bond acceptors (Lipinski definition) is 3. The number of rotatable bonds is 2. The number of nitrogens with one attached hydrogen (secondary N) is 1. The Balaban J connectivity index is 2.10. The molecule has 1 N–H and O–H groups in total. The number of carbonyl (C=O) groups is 3. The number of anilines is 1. The fraction of sp³-hybridized carbons (Fsp3) is 0.211. The molecule has 1 aromatic heterocycles. The van der Waals surface area contributed by atoms with Crippen LogP contribution in [0.15, 0.2) is 29.8 Å². The summed E-state index contributed by atoms with van der Waals surface area (Å²) in [5, 5.41) is 2.66. The highest BCUT2D eigenvalue weighted by Crippen LogP contribution is 2.29. The van der Waals surface area contributed by atoms with Gasteiger partial charge in [-0.05, 0) is 56.2 Å². The van der Waals surface area contributed by atoms with Crippen LogP contribution in [-0.2, 0) is 16.6 Å². The van der Waals surface area contributed by atoms with Gasteiger partial charge in [-0.1, -0.05) is 17.7 Å². The molecule has 1 aliphatic rings. The van der Waals surface area contributed by atoms with Gasteiger partial charge in [0.2, 0.25) is 0 Å². The van der Waals surface area contributed by atoms with Crippen LogP contribution in [0.3, 0.4) is 0 Å². The molecule has 1 fully saturated rings. The van der Waals surface area contributed by atoms with Crippen molar-refractivity contribution in [3.05, 3.63) is 57.4 Å². The monoisotopic (exact) mass is 371 g/mol. The summed E-state index contributed by atoms with van der Waals surface area (Å²) >= 11 is 6.11. The molecule has 1 saturated heterocycles. The van der Waals surface area contributed by atoms with E-state index in [2.05, 4.69) is 5.32 Å². The molecule has 134 valence electrons. The number of urea groups is 1. The molecule has 1 aliphatic heterocycles. The Morgan fingerprint density at radius 1 is 1.12 bits per heavy atom. The first-order valence-corrected chi connectivity index (χ1v) is 8.39. The minimum Gasteiger partial charge on any atom is -0.352 e. The molecular formula is C19H18ClN3O3. The molecule has 3 rings (SSSR count). The van der Waals surface area contributed by atoms with Gasteiger partial charge in [0.05, 0.1) is 5.69 Å². The summed E-state index contributed by atoms with van der Waals surface area (Å²) in [6.45, 7) is 5.54. The number of barbiturate groups is 1. The second kappa shape index (κ2) is 6.46. The number of benzene rings is 1. The fourth-order valence-electron chi connectivity index (χ4n) is 2.90. The van der Waals surface area contributed by atoms with Crippen molar-refractivity contribution in [2.75, 3.05) is 4.90 Å². The summed E-state index contributed by atoms with van der Waals surface area (Å²) in [6.07, 6.45) is 1.51. The minimum absolute atomic E-state index is 0.0994. The first-order valence-electron chi connectivity index (χ1n) is 8.02. The topological polar surface area (TPSA) is 71.4 Å². The number of imide groups is 2. The molecule has 0 saturated carbocycles. The molecule has 7 heteroatoms. The summed E-state index contributed by atoms with van der Waals surface area (Å²) in [4.78, 5) is 38.5. The normalized spacial score (nSPS) is 16.4. The van der Waals surface area contributed by atoms with Gasteiger partial charge in [-0.25, -0.2) is 9.69 Å². The molecule has 0 atom stereocenters. The number of nitrogens with zero attached hydrogens (tertiary/aromatic N) is 2. The Labute approximate surface area is 156 Å². The van der Waals surface area contributed by atoms with Crippen molar-refractivity contribution in [3.63, 3.8) is 0 Å². The predicted octanol–water partition coefficient (Wildman–Crippen LogP) is 3.27. The van der Waals surface area contributed by atoms with E-state index in [1.807, 2.05) is 31.5 Å². The lowest BCUT2D eigenvalue weighted by Gasteiger charge is -2.27. The van der Waals surface area contributed by atoms with E-state index in [0.717, 1.165) is 21.9 Å². The number of carbonyl (C=O) groups excluding carboxylic acids is 3. The zero-order valence-corrected chi connectivity index (χ0v) is 15.6. The van der Waals surface area contributed by atoms with Crippen molar-refractivity contribution in [2.45, 2.75) is 20.8 Å². The SMILES string of the molecule is Cc1c(Cl)cccc1N1C(=O)NC(=O)/C(=C\c2cc(C)n(C)c2C)C1=O. The van der Waals surface area contributed by atoms with E-state index in [9.17, 15) is 14.4 Å². The molecule has 0 radical (unpaired) electrons. The third-order valence-corrected chi connectivity index (χ3v) is 5.11. The van der Waals surface area contributed by atoms with Gasteiger partial charge in [-0.2, -0.15) is 0 Å². The maximum absolute atomic E-state index is 12.9. The van der Waals surface area contributed by atoms with Gasteiger partial charge in [-0.3, -0.25) is 14.9 Å². The Hall–Kier alpha value is -2.86. The first kappa shape index (κ1) is 17.9. The maximum atomic E-state index is 12.9. The third kappa shape index (κ3) is 2.82. The average Bonchev–Trinajstić information content (AvgIpc) is 2.82. The van der Waals surface area contributed by atoms with E-state index in [-0.39, 0.29) is 5.57 Å². The van der Waals surface area contributed by atoms with Crippen LogP contribution in [0.25, 0.3) is 6.08 Å². The molecule has 0 aliphatic carbocycles. The van der Waals surface area contributed by atoms with Gasteiger partial charge in [0.25, 0.3) is 11.8 Å². The van der Waals surface area contributed by atoms with Crippen LogP contribution in [-0.4, -0.2) is 22.4 Å². The van der Waals surface area contributed by atoms with E-state index in [1.54, 1.807) is 25.1 Å². The molecular weight excluding hydrogens is 354 g/mol. The van der Waals surface area contributed by atoms with Crippen molar-refractivity contribution < 1.29 is 14.4 Å². The van der Waals surface area contributed by atoms with Crippen LogP contribution < -0.4 is 10.2 Å². The lowest BCUT2D eigenvalue weighted by atomic mass is 10.1. The molecule has 2 aromatic rings.